The van der Waals surface area contributed by atoms with E-state index < -0.39 is 0 Å². The first-order valence-electron chi connectivity index (χ1n) is 6.51. The number of carbonyl (C=O) groups is 1. The van der Waals surface area contributed by atoms with Crippen molar-refractivity contribution in [3.05, 3.63) is 45.7 Å². The van der Waals surface area contributed by atoms with Crippen molar-refractivity contribution in [3.8, 4) is 6.07 Å². The normalized spacial score (nSPS) is 10.2. The predicted molar refractivity (Wildman–Crippen MR) is 83.8 cm³/mol. The van der Waals surface area contributed by atoms with Gasteiger partial charge in [-0.3, -0.25) is 9.48 Å². The molecular formula is C15H15BrN4O. The molecule has 0 spiro atoms. The molecule has 0 atom stereocenters. The van der Waals surface area contributed by atoms with Gasteiger partial charge in [-0.25, -0.2) is 0 Å². The molecule has 0 saturated carbocycles. The van der Waals surface area contributed by atoms with E-state index in [0.29, 0.717) is 24.2 Å². The maximum Gasteiger partial charge on any atom is 0.226 e. The molecule has 0 radical (unpaired) electrons. The fraction of sp³-hybridized carbons (Fsp3) is 0.267. The van der Waals surface area contributed by atoms with E-state index in [1.807, 2.05) is 24.6 Å². The monoisotopic (exact) mass is 346 g/mol. The molecule has 0 fully saturated rings. The third kappa shape index (κ3) is 3.70. The zero-order valence-corrected chi connectivity index (χ0v) is 13.4. The highest BCUT2D eigenvalue weighted by molar-refractivity contribution is 9.10. The standard InChI is InChI=1S/C15H15BrN4O/c1-10-15(16)11(2)20(19-10)8-7-14(21)18-13-5-3-12(9-17)4-6-13/h3-6H,7-8H2,1-2H3,(H,18,21). The molecule has 0 bridgehead atoms. The maximum absolute atomic E-state index is 11.9. The van der Waals surface area contributed by atoms with Gasteiger partial charge in [-0.2, -0.15) is 10.4 Å². The zero-order valence-electron chi connectivity index (χ0n) is 11.9. The Labute approximate surface area is 131 Å². The van der Waals surface area contributed by atoms with Gasteiger partial charge in [-0.1, -0.05) is 0 Å². The van der Waals surface area contributed by atoms with Gasteiger partial charge >= 0.3 is 0 Å². The largest absolute Gasteiger partial charge is 0.326 e. The van der Waals surface area contributed by atoms with Crippen molar-refractivity contribution in [2.45, 2.75) is 26.8 Å². The highest BCUT2D eigenvalue weighted by Crippen LogP contribution is 2.20. The number of carbonyl (C=O) groups excluding carboxylic acids is 1. The van der Waals surface area contributed by atoms with E-state index >= 15 is 0 Å². The Bertz CT molecular complexity index is 698. The van der Waals surface area contributed by atoms with E-state index in [9.17, 15) is 4.79 Å². The Morgan fingerprint density at radius 1 is 1.38 bits per heavy atom. The number of aryl methyl sites for hydroxylation is 2. The average Bonchev–Trinajstić information content (AvgIpc) is 2.73. The number of rotatable bonds is 4. The van der Waals surface area contributed by atoms with Crippen molar-refractivity contribution >= 4 is 27.5 Å². The Morgan fingerprint density at radius 2 is 2.05 bits per heavy atom. The van der Waals surface area contributed by atoms with Crippen LogP contribution in [-0.2, 0) is 11.3 Å². The Balaban J connectivity index is 1.92. The van der Waals surface area contributed by atoms with Crippen LogP contribution in [0.4, 0.5) is 5.69 Å². The fourth-order valence-corrected chi connectivity index (χ4v) is 2.24. The molecule has 1 heterocycles. The number of amides is 1. The average molecular weight is 347 g/mol. The Morgan fingerprint density at radius 3 is 2.57 bits per heavy atom. The maximum atomic E-state index is 11.9. The Hall–Kier alpha value is -2.13. The van der Waals surface area contributed by atoms with E-state index in [1.165, 1.54) is 0 Å². The zero-order chi connectivity index (χ0) is 15.4. The van der Waals surface area contributed by atoms with Gasteiger partial charge in [0, 0.05) is 17.8 Å². The number of nitrogens with zero attached hydrogens (tertiary/aromatic N) is 3. The summed E-state index contributed by atoms with van der Waals surface area (Å²) in [4.78, 5) is 11.9. The topological polar surface area (TPSA) is 70.7 Å². The fourth-order valence-electron chi connectivity index (χ4n) is 1.95. The molecule has 1 aromatic heterocycles. The lowest BCUT2D eigenvalue weighted by atomic mass is 10.2. The summed E-state index contributed by atoms with van der Waals surface area (Å²) in [5.41, 5.74) is 3.19. The van der Waals surface area contributed by atoms with Crippen molar-refractivity contribution in [3.63, 3.8) is 0 Å². The number of hydrogen-bond acceptors (Lipinski definition) is 3. The summed E-state index contributed by atoms with van der Waals surface area (Å²) in [6.07, 6.45) is 0.342. The number of nitriles is 1. The van der Waals surface area contributed by atoms with E-state index in [1.54, 1.807) is 24.3 Å². The van der Waals surface area contributed by atoms with E-state index in [-0.39, 0.29) is 5.91 Å². The van der Waals surface area contributed by atoms with Crippen LogP contribution in [0.1, 0.15) is 23.4 Å². The van der Waals surface area contributed by atoms with E-state index in [2.05, 4.69) is 26.3 Å². The van der Waals surface area contributed by atoms with Crippen LogP contribution in [0.15, 0.2) is 28.7 Å². The summed E-state index contributed by atoms with van der Waals surface area (Å²) >= 11 is 3.46. The summed E-state index contributed by atoms with van der Waals surface area (Å²) in [5, 5.41) is 15.9. The quantitative estimate of drug-likeness (QED) is 0.924. The van der Waals surface area contributed by atoms with Crippen LogP contribution in [0, 0.1) is 25.2 Å². The molecule has 1 N–H and O–H groups in total. The molecule has 108 valence electrons. The number of hydrogen-bond donors (Lipinski definition) is 1. The van der Waals surface area contributed by atoms with Crippen LogP contribution in [0.2, 0.25) is 0 Å². The second-order valence-corrected chi connectivity index (χ2v) is 5.49. The molecule has 2 rings (SSSR count). The molecule has 0 aliphatic carbocycles. The van der Waals surface area contributed by atoms with Gasteiger partial charge in [0.2, 0.25) is 5.91 Å². The number of nitrogens with one attached hydrogen (secondary N) is 1. The summed E-state index contributed by atoms with van der Waals surface area (Å²) in [5.74, 6) is -0.0802. The number of aromatic nitrogens is 2. The van der Waals surface area contributed by atoms with Gasteiger partial charge in [0.15, 0.2) is 0 Å². The number of halogens is 1. The molecule has 6 heteroatoms. The summed E-state index contributed by atoms with van der Waals surface area (Å²) in [6, 6.07) is 8.83. The lowest BCUT2D eigenvalue weighted by molar-refractivity contribution is -0.116. The lowest BCUT2D eigenvalue weighted by Crippen LogP contribution is -2.15. The third-order valence-corrected chi connectivity index (χ3v) is 4.29. The van der Waals surface area contributed by atoms with Gasteiger partial charge in [0.25, 0.3) is 0 Å². The number of benzene rings is 1. The molecule has 1 aromatic carbocycles. The molecule has 5 nitrogen and oxygen atoms in total. The van der Waals surface area contributed by atoms with Crippen LogP contribution < -0.4 is 5.32 Å². The highest BCUT2D eigenvalue weighted by atomic mass is 79.9. The molecule has 0 aliphatic rings. The van der Waals surface area contributed by atoms with Gasteiger partial charge in [-0.15, -0.1) is 0 Å². The van der Waals surface area contributed by atoms with Crippen LogP contribution in [-0.4, -0.2) is 15.7 Å². The minimum absolute atomic E-state index is 0.0802. The van der Waals surface area contributed by atoms with Crippen molar-refractivity contribution in [1.82, 2.24) is 9.78 Å². The SMILES string of the molecule is Cc1nn(CCC(=O)Nc2ccc(C#N)cc2)c(C)c1Br. The first-order valence-corrected chi connectivity index (χ1v) is 7.30. The van der Waals surface area contributed by atoms with Crippen molar-refractivity contribution in [2.75, 3.05) is 5.32 Å². The van der Waals surface area contributed by atoms with Crippen molar-refractivity contribution < 1.29 is 4.79 Å². The lowest BCUT2D eigenvalue weighted by Gasteiger charge is -2.06. The molecular weight excluding hydrogens is 332 g/mol. The summed E-state index contributed by atoms with van der Waals surface area (Å²) in [7, 11) is 0. The minimum atomic E-state index is -0.0802. The van der Waals surface area contributed by atoms with Gasteiger partial charge in [-0.05, 0) is 54.0 Å². The molecule has 2 aromatic rings. The van der Waals surface area contributed by atoms with Crippen molar-refractivity contribution in [1.29, 1.82) is 5.26 Å². The van der Waals surface area contributed by atoms with E-state index in [0.717, 1.165) is 15.9 Å². The molecule has 0 saturated heterocycles. The van der Waals surface area contributed by atoms with Gasteiger partial charge < -0.3 is 5.32 Å². The minimum Gasteiger partial charge on any atom is -0.326 e. The third-order valence-electron chi connectivity index (χ3n) is 3.14. The van der Waals surface area contributed by atoms with Crippen molar-refractivity contribution in [2.24, 2.45) is 0 Å². The molecule has 1 amide bonds. The smallest absolute Gasteiger partial charge is 0.226 e. The van der Waals surface area contributed by atoms with Gasteiger partial charge in [0.05, 0.1) is 28.3 Å². The van der Waals surface area contributed by atoms with Crippen LogP contribution >= 0.6 is 15.9 Å². The first-order chi connectivity index (χ1) is 10.0. The van der Waals surface area contributed by atoms with E-state index in [4.69, 9.17) is 5.26 Å². The van der Waals surface area contributed by atoms with Crippen LogP contribution in [0.3, 0.4) is 0 Å². The Kier molecular flexibility index (Phi) is 4.76. The highest BCUT2D eigenvalue weighted by Gasteiger charge is 2.10. The summed E-state index contributed by atoms with van der Waals surface area (Å²) in [6.45, 7) is 4.41. The summed E-state index contributed by atoms with van der Waals surface area (Å²) < 4.78 is 2.80. The second-order valence-electron chi connectivity index (χ2n) is 4.70. The molecule has 0 unspecified atom stereocenters. The molecule has 21 heavy (non-hydrogen) atoms. The predicted octanol–water partition coefficient (Wildman–Crippen LogP) is 3.16. The number of anilines is 1. The van der Waals surface area contributed by atoms with Crippen LogP contribution in [0.5, 0.6) is 0 Å². The van der Waals surface area contributed by atoms with Crippen LogP contribution in [0.25, 0.3) is 0 Å². The second kappa shape index (κ2) is 6.55. The first kappa shape index (κ1) is 15.3. The van der Waals surface area contributed by atoms with Gasteiger partial charge in [0.1, 0.15) is 0 Å². The molecule has 0 aliphatic heterocycles.